The molecule has 0 bridgehead atoms. The molecule has 1 amide bonds. The van der Waals surface area contributed by atoms with E-state index in [1.165, 1.54) is 0 Å². The highest BCUT2D eigenvalue weighted by atomic mass is 35.5. The van der Waals surface area contributed by atoms with E-state index in [1.54, 1.807) is 6.07 Å². The van der Waals surface area contributed by atoms with Gasteiger partial charge >= 0.3 is 0 Å². The Hall–Kier alpha value is -1.06. The molecule has 0 aliphatic carbocycles. The predicted molar refractivity (Wildman–Crippen MR) is 71.9 cm³/mol. The zero-order chi connectivity index (χ0) is 13.1. The summed E-state index contributed by atoms with van der Waals surface area (Å²) in [5.41, 5.74) is 1.51. The topological polar surface area (TPSA) is 40.5 Å². The number of aliphatic hydroxyl groups excluding tert-OH is 1. The molecule has 1 aliphatic rings. The minimum absolute atomic E-state index is 0.00383. The number of likely N-dealkylation sites (tertiary alicyclic amines) is 1. The molecule has 1 unspecified atom stereocenters. The van der Waals surface area contributed by atoms with Crippen molar-refractivity contribution in [3.63, 3.8) is 0 Å². The smallest absolute Gasteiger partial charge is 0.255 e. The summed E-state index contributed by atoms with van der Waals surface area (Å²) in [6.07, 6.45) is 1.74. The molecule has 0 aromatic heterocycles. The summed E-state index contributed by atoms with van der Waals surface area (Å²) < 4.78 is 0. The molecular formula is C14H18ClNO2. The van der Waals surface area contributed by atoms with Crippen LogP contribution in [-0.4, -0.2) is 35.6 Å². The number of aliphatic hydroxyl groups is 1. The van der Waals surface area contributed by atoms with E-state index < -0.39 is 0 Å². The van der Waals surface area contributed by atoms with E-state index in [4.69, 9.17) is 16.7 Å². The molecule has 2 rings (SSSR count). The second-order valence-corrected chi connectivity index (χ2v) is 5.23. The lowest BCUT2D eigenvalue weighted by Crippen LogP contribution is -2.29. The van der Waals surface area contributed by atoms with Crippen LogP contribution >= 0.6 is 11.6 Å². The highest BCUT2D eigenvalue weighted by Gasteiger charge is 2.27. The van der Waals surface area contributed by atoms with Crippen molar-refractivity contribution in [3.8, 4) is 0 Å². The lowest BCUT2D eigenvalue weighted by atomic mass is 10.1. The van der Waals surface area contributed by atoms with Gasteiger partial charge in [0.05, 0.1) is 10.6 Å². The van der Waals surface area contributed by atoms with E-state index in [2.05, 4.69) is 0 Å². The standard InChI is InChI=1S/C14H18ClNO2/c1-10-3-2-4-12(13(10)15)14(18)16-7-5-11(9-16)6-8-17/h2-4,11,17H,5-9H2,1H3. The first-order valence-electron chi connectivity index (χ1n) is 6.28. The number of halogens is 1. The van der Waals surface area contributed by atoms with Crippen molar-refractivity contribution in [2.24, 2.45) is 5.92 Å². The molecule has 1 fully saturated rings. The van der Waals surface area contributed by atoms with Crippen LogP contribution in [0.25, 0.3) is 0 Å². The third-order valence-electron chi connectivity index (χ3n) is 3.53. The highest BCUT2D eigenvalue weighted by molar-refractivity contribution is 6.34. The van der Waals surface area contributed by atoms with Gasteiger partial charge in [0.25, 0.3) is 5.91 Å². The summed E-state index contributed by atoms with van der Waals surface area (Å²) in [7, 11) is 0. The minimum Gasteiger partial charge on any atom is -0.396 e. The summed E-state index contributed by atoms with van der Waals surface area (Å²) >= 11 is 6.18. The largest absolute Gasteiger partial charge is 0.396 e. The van der Waals surface area contributed by atoms with Gasteiger partial charge in [-0.2, -0.15) is 0 Å². The Balaban J connectivity index is 2.11. The number of amides is 1. The zero-order valence-corrected chi connectivity index (χ0v) is 11.3. The molecule has 0 saturated carbocycles. The Bertz CT molecular complexity index is 447. The van der Waals surface area contributed by atoms with Gasteiger partial charge in [-0.15, -0.1) is 0 Å². The Morgan fingerprint density at radius 3 is 3.06 bits per heavy atom. The Labute approximate surface area is 112 Å². The molecule has 98 valence electrons. The van der Waals surface area contributed by atoms with Gasteiger partial charge < -0.3 is 10.0 Å². The van der Waals surface area contributed by atoms with Crippen molar-refractivity contribution in [3.05, 3.63) is 34.3 Å². The van der Waals surface area contributed by atoms with Crippen LogP contribution < -0.4 is 0 Å². The van der Waals surface area contributed by atoms with E-state index >= 15 is 0 Å². The molecule has 1 N–H and O–H groups in total. The monoisotopic (exact) mass is 267 g/mol. The molecule has 1 aliphatic heterocycles. The van der Waals surface area contributed by atoms with Gasteiger partial charge in [0, 0.05) is 19.7 Å². The van der Waals surface area contributed by atoms with E-state index in [1.807, 2.05) is 24.0 Å². The average molecular weight is 268 g/mol. The predicted octanol–water partition coefficient (Wildman–Crippen LogP) is 2.49. The summed E-state index contributed by atoms with van der Waals surface area (Å²) in [6.45, 7) is 3.58. The van der Waals surface area contributed by atoms with Crippen LogP contribution in [0.2, 0.25) is 5.02 Å². The van der Waals surface area contributed by atoms with Gasteiger partial charge in [0.2, 0.25) is 0 Å². The maximum absolute atomic E-state index is 12.3. The van der Waals surface area contributed by atoms with E-state index in [0.717, 1.165) is 31.5 Å². The Kier molecular flexibility index (Phi) is 4.25. The van der Waals surface area contributed by atoms with Crippen LogP contribution in [0, 0.1) is 12.8 Å². The van der Waals surface area contributed by atoms with Gasteiger partial charge in [-0.1, -0.05) is 23.7 Å². The van der Waals surface area contributed by atoms with E-state index in [0.29, 0.717) is 16.5 Å². The Morgan fingerprint density at radius 1 is 1.56 bits per heavy atom. The molecule has 0 radical (unpaired) electrons. The zero-order valence-electron chi connectivity index (χ0n) is 10.5. The van der Waals surface area contributed by atoms with Crippen molar-refractivity contribution in [1.29, 1.82) is 0 Å². The number of hydrogen-bond acceptors (Lipinski definition) is 2. The third-order valence-corrected chi connectivity index (χ3v) is 4.03. The lowest BCUT2D eigenvalue weighted by Gasteiger charge is -2.17. The van der Waals surface area contributed by atoms with Gasteiger partial charge in [0.1, 0.15) is 0 Å². The van der Waals surface area contributed by atoms with Crippen molar-refractivity contribution in [2.75, 3.05) is 19.7 Å². The summed E-state index contributed by atoms with van der Waals surface area (Å²) in [6, 6.07) is 5.53. The second-order valence-electron chi connectivity index (χ2n) is 4.85. The molecule has 1 atom stereocenters. The number of rotatable bonds is 3. The van der Waals surface area contributed by atoms with Crippen LogP contribution in [0.3, 0.4) is 0 Å². The number of hydrogen-bond donors (Lipinski definition) is 1. The molecule has 1 heterocycles. The van der Waals surface area contributed by atoms with Gasteiger partial charge in [-0.25, -0.2) is 0 Å². The SMILES string of the molecule is Cc1cccc(C(=O)N2CCC(CCO)C2)c1Cl. The number of carbonyl (C=O) groups excluding carboxylic acids is 1. The van der Waals surface area contributed by atoms with Crippen LogP contribution in [0.4, 0.5) is 0 Å². The van der Waals surface area contributed by atoms with Gasteiger partial charge in [0.15, 0.2) is 0 Å². The molecular weight excluding hydrogens is 250 g/mol. The fourth-order valence-corrected chi connectivity index (χ4v) is 2.63. The number of carbonyl (C=O) groups is 1. The first-order chi connectivity index (χ1) is 8.63. The lowest BCUT2D eigenvalue weighted by molar-refractivity contribution is 0.0785. The molecule has 1 saturated heterocycles. The van der Waals surface area contributed by atoms with Crippen molar-refractivity contribution >= 4 is 17.5 Å². The summed E-state index contributed by atoms with van der Waals surface area (Å²) in [4.78, 5) is 14.2. The third kappa shape index (κ3) is 2.68. The summed E-state index contributed by atoms with van der Waals surface area (Å²) in [5.74, 6) is 0.423. The second kappa shape index (κ2) is 5.72. The van der Waals surface area contributed by atoms with Crippen LogP contribution in [0.1, 0.15) is 28.8 Å². The average Bonchev–Trinajstić information content (AvgIpc) is 2.81. The van der Waals surface area contributed by atoms with Crippen molar-refractivity contribution in [1.82, 2.24) is 4.90 Å². The molecule has 1 aromatic carbocycles. The van der Waals surface area contributed by atoms with Crippen molar-refractivity contribution in [2.45, 2.75) is 19.8 Å². The molecule has 4 heteroatoms. The summed E-state index contributed by atoms with van der Waals surface area (Å²) in [5, 5.41) is 9.47. The number of nitrogens with zero attached hydrogens (tertiary/aromatic N) is 1. The van der Waals surface area contributed by atoms with Crippen LogP contribution in [-0.2, 0) is 0 Å². The normalized spacial score (nSPS) is 19.3. The van der Waals surface area contributed by atoms with Gasteiger partial charge in [-0.05, 0) is 37.3 Å². The maximum atomic E-state index is 12.3. The van der Waals surface area contributed by atoms with Crippen molar-refractivity contribution < 1.29 is 9.90 Å². The molecule has 0 spiro atoms. The van der Waals surface area contributed by atoms with Crippen LogP contribution in [0.5, 0.6) is 0 Å². The number of aryl methyl sites for hydroxylation is 1. The van der Waals surface area contributed by atoms with E-state index in [-0.39, 0.29) is 12.5 Å². The first-order valence-corrected chi connectivity index (χ1v) is 6.66. The fraction of sp³-hybridized carbons (Fsp3) is 0.500. The fourth-order valence-electron chi connectivity index (χ4n) is 2.42. The van der Waals surface area contributed by atoms with E-state index in [9.17, 15) is 4.79 Å². The van der Waals surface area contributed by atoms with Gasteiger partial charge in [-0.3, -0.25) is 4.79 Å². The van der Waals surface area contributed by atoms with Crippen LogP contribution in [0.15, 0.2) is 18.2 Å². The Morgan fingerprint density at radius 2 is 2.33 bits per heavy atom. The molecule has 1 aromatic rings. The minimum atomic E-state index is 0.00383. The number of benzene rings is 1. The maximum Gasteiger partial charge on any atom is 0.255 e. The molecule has 3 nitrogen and oxygen atoms in total. The highest BCUT2D eigenvalue weighted by Crippen LogP contribution is 2.25. The molecule has 18 heavy (non-hydrogen) atoms. The quantitative estimate of drug-likeness (QED) is 0.914. The first kappa shape index (κ1) is 13.4.